The van der Waals surface area contributed by atoms with E-state index in [1.165, 1.54) is 6.20 Å². The van der Waals surface area contributed by atoms with Crippen LogP contribution in [-0.4, -0.2) is 34.5 Å². The van der Waals surface area contributed by atoms with E-state index in [0.717, 1.165) is 19.4 Å². The van der Waals surface area contributed by atoms with Gasteiger partial charge in [-0.15, -0.1) is 0 Å². The highest BCUT2D eigenvalue weighted by Crippen LogP contribution is 2.20. The van der Waals surface area contributed by atoms with Crippen molar-refractivity contribution in [2.45, 2.75) is 31.8 Å². The molecule has 0 radical (unpaired) electrons. The Morgan fingerprint density at radius 3 is 3.09 bits per heavy atom. The van der Waals surface area contributed by atoms with Gasteiger partial charge in [-0.3, -0.25) is 9.78 Å². The molecule has 1 aliphatic rings. The number of nitrogens with zero attached hydrogens (tertiary/aromatic N) is 2. The van der Waals surface area contributed by atoms with Gasteiger partial charge >= 0.3 is 0 Å². The summed E-state index contributed by atoms with van der Waals surface area (Å²) >= 11 is 0. The predicted octanol–water partition coefficient (Wildman–Crippen LogP) is 2.14. The van der Waals surface area contributed by atoms with E-state index in [9.17, 15) is 4.79 Å². The van der Waals surface area contributed by atoms with Crippen molar-refractivity contribution in [2.75, 3.05) is 6.54 Å². The largest absolute Gasteiger partial charge is 0.437 e. The molecule has 6 nitrogen and oxygen atoms in total. The van der Waals surface area contributed by atoms with Gasteiger partial charge in [-0.25, -0.2) is 4.98 Å². The summed E-state index contributed by atoms with van der Waals surface area (Å²) in [5.41, 5.74) is 0.581. The van der Waals surface area contributed by atoms with E-state index >= 15 is 0 Å². The van der Waals surface area contributed by atoms with Crippen LogP contribution in [0, 0.1) is 0 Å². The zero-order valence-corrected chi connectivity index (χ0v) is 13.0. The molecular weight excluding hydrogens is 292 g/mol. The van der Waals surface area contributed by atoms with Gasteiger partial charge in [-0.05, 0) is 44.5 Å². The normalized spacial score (nSPS) is 20.7. The minimum Gasteiger partial charge on any atom is -0.437 e. The number of hydrogen-bond donors (Lipinski definition) is 2. The Morgan fingerprint density at radius 1 is 1.39 bits per heavy atom. The lowest BCUT2D eigenvalue weighted by Gasteiger charge is -2.28. The standard InChI is InChI=1S/C17H20N4O2/c1-12-9-14(5-6-19-12)21-17(22)13-3-2-4-15(10-13)23-16-11-18-7-8-20-16/h2-4,7-8,10-12,14,19H,5-6,9H2,1H3,(H,21,22). The second-order valence-electron chi connectivity index (χ2n) is 5.72. The second kappa shape index (κ2) is 7.19. The number of piperidine rings is 1. The molecule has 6 heteroatoms. The van der Waals surface area contributed by atoms with Gasteiger partial charge in [0.05, 0.1) is 6.20 Å². The maximum atomic E-state index is 12.4. The minimum atomic E-state index is -0.0753. The summed E-state index contributed by atoms with van der Waals surface area (Å²) in [6.07, 6.45) is 6.57. The first-order valence-corrected chi connectivity index (χ1v) is 7.79. The van der Waals surface area contributed by atoms with Crippen LogP contribution in [0.15, 0.2) is 42.9 Å². The van der Waals surface area contributed by atoms with E-state index in [1.807, 2.05) is 0 Å². The quantitative estimate of drug-likeness (QED) is 0.904. The molecule has 2 aromatic rings. The molecule has 1 aliphatic heterocycles. The van der Waals surface area contributed by atoms with Crippen molar-refractivity contribution in [1.29, 1.82) is 0 Å². The number of benzene rings is 1. The molecular formula is C17H20N4O2. The summed E-state index contributed by atoms with van der Waals surface area (Å²) < 4.78 is 5.61. The Bertz CT molecular complexity index is 663. The Kier molecular flexibility index (Phi) is 4.83. The van der Waals surface area contributed by atoms with Gasteiger partial charge in [0.2, 0.25) is 5.88 Å². The highest BCUT2D eigenvalue weighted by Gasteiger charge is 2.20. The number of aromatic nitrogens is 2. The van der Waals surface area contributed by atoms with Crippen LogP contribution >= 0.6 is 0 Å². The predicted molar refractivity (Wildman–Crippen MR) is 86.5 cm³/mol. The lowest BCUT2D eigenvalue weighted by Crippen LogP contribution is -2.46. The molecule has 2 N–H and O–H groups in total. The summed E-state index contributed by atoms with van der Waals surface area (Å²) in [5.74, 6) is 0.891. The van der Waals surface area contributed by atoms with Crippen LogP contribution in [0.5, 0.6) is 11.6 Å². The molecule has 2 atom stereocenters. The van der Waals surface area contributed by atoms with Gasteiger partial charge in [0, 0.05) is 30.0 Å². The monoisotopic (exact) mass is 312 g/mol. The molecule has 1 amide bonds. The van der Waals surface area contributed by atoms with Gasteiger partial charge < -0.3 is 15.4 Å². The third-order valence-corrected chi connectivity index (χ3v) is 3.82. The highest BCUT2D eigenvalue weighted by atomic mass is 16.5. The molecule has 0 aliphatic carbocycles. The van der Waals surface area contributed by atoms with Crippen LogP contribution in [0.2, 0.25) is 0 Å². The van der Waals surface area contributed by atoms with Crippen LogP contribution in [0.4, 0.5) is 0 Å². The summed E-state index contributed by atoms with van der Waals surface area (Å²) in [6.45, 7) is 3.07. The summed E-state index contributed by atoms with van der Waals surface area (Å²) in [5, 5.41) is 6.47. The Balaban J connectivity index is 1.65. The Labute approximate surface area is 135 Å². The molecule has 1 aromatic carbocycles. The van der Waals surface area contributed by atoms with E-state index in [2.05, 4.69) is 27.5 Å². The molecule has 23 heavy (non-hydrogen) atoms. The third kappa shape index (κ3) is 4.26. The van der Waals surface area contributed by atoms with Crippen LogP contribution in [0.1, 0.15) is 30.1 Å². The van der Waals surface area contributed by atoms with Crippen LogP contribution in [0.25, 0.3) is 0 Å². The van der Waals surface area contributed by atoms with Gasteiger partial charge in [-0.2, -0.15) is 0 Å². The van der Waals surface area contributed by atoms with E-state index in [4.69, 9.17) is 4.74 Å². The molecule has 3 rings (SSSR count). The van der Waals surface area contributed by atoms with Crippen molar-refractivity contribution >= 4 is 5.91 Å². The summed E-state index contributed by atoms with van der Waals surface area (Å²) in [6, 6.07) is 7.73. The van der Waals surface area contributed by atoms with Gasteiger partial charge in [-0.1, -0.05) is 6.07 Å². The zero-order chi connectivity index (χ0) is 16.1. The van der Waals surface area contributed by atoms with E-state index in [1.54, 1.807) is 36.7 Å². The highest BCUT2D eigenvalue weighted by molar-refractivity contribution is 5.94. The molecule has 0 saturated carbocycles. The van der Waals surface area contributed by atoms with Crippen LogP contribution in [-0.2, 0) is 0 Å². The molecule has 2 unspecified atom stereocenters. The van der Waals surface area contributed by atoms with Crippen molar-refractivity contribution in [1.82, 2.24) is 20.6 Å². The van der Waals surface area contributed by atoms with Crippen molar-refractivity contribution in [3.8, 4) is 11.6 Å². The first-order chi connectivity index (χ1) is 11.2. The van der Waals surface area contributed by atoms with E-state index in [0.29, 0.717) is 23.2 Å². The second-order valence-corrected chi connectivity index (χ2v) is 5.72. The average molecular weight is 312 g/mol. The van der Waals surface area contributed by atoms with Gasteiger partial charge in [0.15, 0.2) is 0 Å². The molecule has 0 spiro atoms. The zero-order valence-electron chi connectivity index (χ0n) is 13.0. The smallest absolute Gasteiger partial charge is 0.251 e. The van der Waals surface area contributed by atoms with E-state index in [-0.39, 0.29) is 11.9 Å². The van der Waals surface area contributed by atoms with Crippen LogP contribution in [0.3, 0.4) is 0 Å². The number of rotatable bonds is 4. The lowest BCUT2D eigenvalue weighted by molar-refractivity contribution is 0.0925. The van der Waals surface area contributed by atoms with E-state index < -0.39 is 0 Å². The number of carbonyl (C=O) groups excluding carboxylic acids is 1. The number of amides is 1. The van der Waals surface area contributed by atoms with Crippen molar-refractivity contribution < 1.29 is 9.53 Å². The molecule has 1 fully saturated rings. The summed E-state index contributed by atoms with van der Waals surface area (Å²) in [4.78, 5) is 20.4. The van der Waals surface area contributed by atoms with Crippen molar-refractivity contribution in [3.05, 3.63) is 48.4 Å². The third-order valence-electron chi connectivity index (χ3n) is 3.82. The number of nitrogens with one attached hydrogen (secondary N) is 2. The van der Waals surface area contributed by atoms with Gasteiger partial charge in [0.25, 0.3) is 5.91 Å². The first-order valence-electron chi connectivity index (χ1n) is 7.79. The van der Waals surface area contributed by atoms with Gasteiger partial charge in [0.1, 0.15) is 5.75 Å². The maximum absolute atomic E-state index is 12.4. The Morgan fingerprint density at radius 2 is 2.30 bits per heavy atom. The fraction of sp³-hybridized carbons (Fsp3) is 0.353. The number of carbonyl (C=O) groups is 1. The molecule has 0 bridgehead atoms. The minimum absolute atomic E-state index is 0.0753. The number of ether oxygens (including phenoxy) is 1. The topological polar surface area (TPSA) is 76.1 Å². The number of hydrogen-bond acceptors (Lipinski definition) is 5. The fourth-order valence-electron chi connectivity index (χ4n) is 2.69. The average Bonchev–Trinajstić information content (AvgIpc) is 2.56. The maximum Gasteiger partial charge on any atom is 0.251 e. The molecule has 120 valence electrons. The lowest BCUT2D eigenvalue weighted by atomic mass is 10.0. The SMILES string of the molecule is CC1CC(NC(=O)c2cccc(Oc3cnccn3)c2)CCN1. The summed E-state index contributed by atoms with van der Waals surface area (Å²) in [7, 11) is 0. The van der Waals surface area contributed by atoms with Crippen molar-refractivity contribution in [2.24, 2.45) is 0 Å². The molecule has 1 saturated heterocycles. The molecule has 1 aromatic heterocycles. The fourth-order valence-corrected chi connectivity index (χ4v) is 2.69. The Hall–Kier alpha value is -2.47. The van der Waals surface area contributed by atoms with Crippen LogP contribution < -0.4 is 15.4 Å². The van der Waals surface area contributed by atoms with Crippen molar-refractivity contribution in [3.63, 3.8) is 0 Å². The molecule has 2 heterocycles. The first kappa shape index (κ1) is 15.4.